The van der Waals surface area contributed by atoms with Crippen molar-refractivity contribution in [2.75, 3.05) is 7.11 Å². The fraction of sp³-hybridized carbons (Fsp3) is 0.333. The van der Waals surface area contributed by atoms with Gasteiger partial charge in [-0.3, -0.25) is 9.59 Å². The van der Waals surface area contributed by atoms with E-state index in [1.165, 1.54) is 7.11 Å². The second-order valence-corrected chi connectivity index (χ2v) is 4.06. The van der Waals surface area contributed by atoms with E-state index in [1.54, 1.807) is 18.2 Å². The van der Waals surface area contributed by atoms with Crippen molar-refractivity contribution in [1.82, 2.24) is 0 Å². The smallest absolute Gasteiger partial charge is 0.305 e. The molecular formula is C12H13ClO4. The van der Waals surface area contributed by atoms with Gasteiger partial charge in [-0.25, -0.2) is 0 Å². The maximum absolute atomic E-state index is 10.8. The summed E-state index contributed by atoms with van der Waals surface area (Å²) in [5.74, 6) is -0.938. The van der Waals surface area contributed by atoms with Gasteiger partial charge in [-0.15, -0.1) is 0 Å². The normalized spacial score (nSPS) is 12.1. The first-order valence-corrected chi connectivity index (χ1v) is 5.42. The topological polar surface area (TPSA) is 63.6 Å². The average Bonchev–Trinajstić information content (AvgIpc) is 2.28. The van der Waals surface area contributed by atoms with E-state index in [9.17, 15) is 9.59 Å². The number of hydrogen-bond donors (Lipinski definition) is 1. The zero-order valence-corrected chi connectivity index (χ0v) is 10.1. The van der Waals surface area contributed by atoms with Crippen LogP contribution in [0.2, 0.25) is 5.02 Å². The van der Waals surface area contributed by atoms with E-state index in [2.05, 4.69) is 0 Å². The van der Waals surface area contributed by atoms with E-state index in [1.807, 2.05) is 0 Å². The standard InChI is InChI=1S/C12H13ClO4/c1-17-11(6-12(15)16)5-9-4-10(13)3-2-8(9)7-14/h2-4,7,11H,5-6H2,1H3,(H,15,16). The maximum Gasteiger partial charge on any atom is 0.305 e. The molecule has 0 fully saturated rings. The van der Waals surface area contributed by atoms with Crippen molar-refractivity contribution >= 4 is 23.9 Å². The Kier molecular flexibility index (Phi) is 5.12. The van der Waals surface area contributed by atoms with Crippen LogP contribution in [-0.2, 0) is 16.0 Å². The number of methoxy groups -OCH3 is 1. The van der Waals surface area contributed by atoms with Gasteiger partial charge in [0.2, 0.25) is 0 Å². The number of halogens is 1. The van der Waals surface area contributed by atoms with Crippen molar-refractivity contribution in [2.24, 2.45) is 0 Å². The third-order valence-electron chi connectivity index (χ3n) is 2.42. The number of ether oxygens (including phenoxy) is 1. The Balaban J connectivity index is 2.87. The van der Waals surface area contributed by atoms with Crippen LogP contribution in [0.25, 0.3) is 0 Å². The lowest BCUT2D eigenvalue weighted by atomic mass is 10.0. The van der Waals surface area contributed by atoms with Crippen LogP contribution in [0.1, 0.15) is 22.3 Å². The van der Waals surface area contributed by atoms with Crippen molar-refractivity contribution in [3.05, 3.63) is 34.3 Å². The van der Waals surface area contributed by atoms with Crippen LogP contribution in [0.4, 0.5) is 0 Å². The van der Waals surface area contributed by atoms with E-state index < -0.39 is 12.1 Å². The van der Waals surface area contributed by atoms with E-state index in [4.69, 9.17) is 21.4 Å². The first-order chi connectivity index (χ1) is 8.06. The van der Waals surface area contributed by atoms with Crippen LogP contribution in [0.5, 0.6) is 0 Å². The molecule has 0 amide bonds. The molecular weight excluding hydrogens is 244 g/mol. The lowest BCUT2D eigenvalue weighted by Gasteiger charge is -2.14. The molecule has 0 aromatic heterocycles. The minimum Gasteiger partial charge on any atom is -0.481 e. The van der Waals surface area contributed by atoms with Gasteiger partial charge in [-0.1, -0.05) is 11.6 Å². The highest BCUT2D eigenvalue weighted by Gasteiger charge is 2.15. The van der Waals surface area contributed by atoms with E-state index >= 15 is 0 Å². The predicted molar refractivity (Wildman–Crippen MR) is 63.6 cm³/mol. The molecule has 0 aliphatic heterocycles. The first-order valence-electron chi connectivity index (χ1n) is 5.05. The fourth-order valence-electron chi connectivity index (χ4n) is 1.54. The van der Waals surface area contributed by atoms with Gasteiger partial charge in [0.15, 0.2) is 0 Å². The Bertz CT molecular complexity index is 417. The number of benzene rings is 1. The molecule has 0 aliphatic carbocycles. The molecule has 1 atom stereocenters. The molecule has 0 saturated carbocycles. The zero-order chi connectivity index (χ0) is 12.8. The fourth-order valence-corrected chi connectivity index (χ4v) is 1.74. The molecule has 0 spiro atoms. The summed E-state index contributed by atoms with van der Waals surface area (Å²) in [5, 5.41) is 9.21. The monoisotopic (exact) mass is 256 g/mol. The summed E-state index contributed by atoms with van der Waals surface area (Å²) in [6, 6.07) is 4.88. The number of aldehydes is 1. The van der Waals surface area contributed by atoms with Gasteiger partial charge in [-0.05, 0) is 30.2 Å². The maximum atomic E-state index is 10.8. The summed E-state index contributed by atoms with van der Waals surface area (Å²) in [5.41, 5.74) is 1.20. The highest BCUT2D eigenvalue weighted by molar-refractivity contribution is 6.30. The summed E-state index contributed by atoms with van der Waals surface area (Å²) in [4.78, 5) is 21.4. The first kappa shape index (κ1) is 13.7. The minimum atomic E-state index is -0.938. The van der Waals surface area contributed by atoms with Gasteiger partial charge in [0.05, 0.1) is 12.5 Å². The summed E-state index contributed by atoms with van der Waals surface area (Å²) in [6.07, 6.45) is 0.488. The summed E-state index contributed by atoms with van der Waals surface area (Å²) < 4.78 is 5.06. The van der Waals surface area contributed by atoms with E-state index in [0.717, 1.165) is 6.29 Å². The largest absolute Gasteiger partial charge is 0.481 e. The van der Waals surface area contributed by atoms with Gasteiger partial charge < -0.3 is 9.84 Å². The van der Waals surface area contributed by atoms with E-state index in [-0.39, 0.29) is 6.42 Å². The molecule has 92 valence electrons. The lowest BCUT2D eigenvalue weighted by molar-refractivity contribution is -0.139. The summed E-state index contributed by atoms with van der Waals surface area (Å²) in [6.45, 7) is 0. The van der Waals surface area contributed by atoms with Crippen molar-refractivity contribution in [3.8, 4) is 0 Å². The molecule has 1 aromatic rings. The van der Waals surface area contributed by atoms with Crippen molar-refractivity contribution in [1.29, 1.82) is 0 Å². The Morgan fingerprint density at radius 1 is 1.59 bits per heavy atom. The molecule has 0 radical (unpaired) electrons. The molecule has 1 rings (SSSR count). The molecule has 0 bridgehead atoms. The van der Waals surface area contributed by atoms with Crippen LogP contribution < -0.4 is 0 Å². The van der Waals surface area contributed by atoms with Crippen LogP contribution in [-0.4, -0.2) is 30.6 Å². The second-order valence-electron chi connectivity index (χ2n) is 3.62. The Labute approximate surface area is 104 Å². The molecule has 1 N–H and O–H groups in total. The Morgan fingerprint density at radius 2 is 2.29 bits per heavy atom. The molecule has 1 aromatic carbocycles. The zero-order valence-electron chi connectivity index (χ0n) is 9.35. The second kappa shape index (κ2) is 6.37. The Morgan fingerprint density at radius 3 is 2.82 bits per heavy atom. The highest BCUT2D eigenvalue weighted by Crippen LogP contribution is 2.18. The van der Waals surface area contributed by atoms with Crippen molar-refractivity contribution in [2.45, 2.75) is 18.9 Å². The third kappa shape index (κ3) is 4.17. The van der Waals surface area contributed by atoms with Gasteiger partial charge in [0, 0.05) is 17.7 Å². The van der Waals surface area contributed by atoms with Crippen LogP contribution in [0.15, 0.2) is 18.2 Å². The van der Waals surface area contributed by atoms with Crippen LogP contribution in [0, 0.1) is 0 Å². The molecule has 0 saturated heterocycles. The SMILES string of the molecule is COC(CC(=O)O)Cc1cc(Cl)ccc1C=O. The number of carbonyl (C=O) groups is 2. The van der Waals surface area contributed by atoms with Crippen LogP contribution in [0.3, 0.4) is 0 Å². The minimum absolute atomic E-state index is 0.110. The van der Waals surface area contributed by atoms with Gasteiger partial charge >= 0.3 is 5.97 Å². The van der Waals surface area contributed by atoms with Gasteiger partial charge in [0.25, 0.3) is 0 Å². The Hall–Kier alpha value is -1.39. The van der Waals surface area contributed by atoms with Gasteiger partial charge in [-0.2, -0.15) is 0 Å². The van der Waals surface area contributed by atoms with Gasteiger partial charge in [0.1, 0.15) is 6.29 Å². The number of carbonyl (C=O) groups excluding carboxylic acids is 1. The number of carboxylic acid groups (broad SMARTS) is 1. The number of carboxylic acids is 1. The van der Waals surface area contributed by atoms with E-state index in [0.29, 0.717) is 22.6 Å². The molecule has 5 heteroatoms. The summed E-state index contributed by atoms with van der Waals surface area (Å²) >= 11 is 5.83. The number of aliphatic carboxylic acids is 1. The number of hydrogen-bond acceptors (Lipinski definition) is 3. The molecule has 0 aliphatic rings. The number of rotatable bonds is 6. The third-order valence-corrected chi connectivity index (χ3v) is 2.65. The lowest BCUT2D eigenvalue weighted by Crippen LogP contribution is -2.19. The van der Waals surface area contributed by atoms with Crippen molar-refractivity contribution < 1.29 is 19.4 Å². The van der Waals surface area contributed by atoms with Crippen molar-refractivity contribution in [3.63, 3.8) is 0 Å². The quantitative estimate of drug-likeness (QED) is 0.793. The molecule has 1 unspecified atom stereocenters. The molecule has 0 heterocycles. The molecule has 4 nitrogen and oxygen atoms in total. The summed E-state index contributed by atoms with van der Waals surface area (Å²) in [7, 11) is 1.44. The molecule has 17 heavy (non-hydrogen) atoms. The predicted octanol–water partition coefficient (Wildman–Crippen LogP) is 2.18. The average molecular weight is 257 g/mol. The highest BCUT2D eigenvalue weighted by atomic mass is 35.5. The van der Waals surface area contributed by atoms with Crippen LogP contribution >= 0.6 is 11.6 Å².